The highest BCUT2D eigenvalue weighted by Crippen LogP contribution is 2.34. The Hall–Kier alpha value is -2.90. The van der Waals surface area contributed by atoms with Crippen LogP contribution in [0, 0.1) is 0 Å². The third kappa shape index (κ3) is 6.87. The number of carbonyl (C=O) groups is 2. The molecule has 0 unspecified atom stereocenters. The predicted octanol–water partition coefficient (Wildman–Crippen LogP) is 7.73. The molecule has 6 nitrogen and oxygen atoms in total. The van der Waals surface area contributed by atoms with Crippen LogP contribution in [0.25, 0.3) is 0 Å². The van der Waals surface area contributed by atoms with Crippen LogP contribution in [0.1, 0.15) is 56.2 Å². The van der Waals surface area contributed by atoms with Crippen molar-refractivity contribution in [3.63, 3.8) is 0 Å². The summed E-state index contributed by atoms with van der Waals surface area (Å²) >= 11 is 18.8. The molecule has 1 amide bonds. The summed E-state index contributed by atoms with van der Waals surface area (Å²) in [5.41, 5.74) is 2.46. The molecule has 2 N–H and O–H groups in total. The van der Waals surface area contributed by atoms with Gasteiger partial charge in [0.2, 0.25) is 5.91 Å². The van der Waals surface area contributed by atoms with Gasteiger partial charge in [0.05, 0.1) is 27.0 Å². The van der Waals surface area contributed by atoms with Crippen LogP contribution < -0.4 is 5.32 Å². The second kappa shape index (κ2) is 13.2. The molecule has 4 rings (SSSR count). The maximum atomic E-state index is 13.9. The molecule has 0 radical (unpaired) electrons. The molecule has 1 fully saturated rings. The number of aliphatic imine (C=N–C) groups is 1. The number of carboxylic acids is 1. The number of carbonyl (C=O) groups excluding carboxylic acids is 1. The maximum Gasteiger partial charge on any atom is 0.328 e. The van der Waals surface area contributed by atoms with Gasteiger partial charge in [-0.2, -0.15) is 0 Å². The van der Waals surface area contributed by atoms with Crippen molar-refractivity contribution in [3.05, 3.63) is 98.5 Å². The minimum absolute atomic E-state index is 0.163. The molecule has 3 aromatic rings. The van der Waals surface area contributed by atoms with E-state index < -0.39 is 17.6 Å². The summed E-state index contributed by atoms with van der Waals surface area (Å²) < 4.78 is 0. The van der Waals surface area contributed by atoms with Crippen LogP contribution in [-0.4, -0.2) is 45.7 Å². The van der Waals surface area contributed by atoms with E-state index in [1.165, 1.54) is 0 Å². The number of halogens is 3. The zero-order valence-corrected chi connectivity index (χ0v) is 24.7. The first-order valence-electron chi connectivity index (χ1n) is 13.3. The maximum absolute atomic E-state index is 13.9. The second-order valence-electron chi connectivity index (χ2n) is 10.2. The van der Waals surface area contributed by atoms with Gasteiger partial charge >= 0.3 is 5.97 Å². The summed E-state index contributed by atoms with van der Waals surface area (Å²) in [7, 11) is 0. The fourth-order valence-corrected chi connectivity index (χ4v) is 5.53. The molecule has 1 aliphatic heterocycles. The Labute approximate surface area is 250 Å². The Bertz CT molecular complexity index is 1410. The van der Waals surface area contributed by atoms with E-state index in [1.54, 1.807) is 24.3 Å². The van der Waals surface area contributed by atoms with E-state index in [2.05, 4.69) is 15.2 Å². The van der Waals surface area contributed by atoms with Gasteiger partial charge in [0.1, 0.15) is 6.04 Å². The summed E-state index contributed by atoms with van der Waals surface area (Å²) in [5, 5.41) is 14.4. The summed E-state index contributed by atoms with van der Waals surface area (Å²) in [6.45, 7) is 5.16. The van der Waals surface area contributed by atoms with E-state index in [0.717, 1.165) is 24.1 Å². The van der Waals surface area contributed by atoms with Crippen LogP contribution in [0.2, 0.25) is 15.1 Å². The van der Waals surface area contributed by atoms with Crippen molar-refractivity contribution in [1.82, 2.24) is 4.90 Å². The summed E-state index contributed by atoms with van der Waals surface area (Å²) in [4.78, 5) is 32.8. The number of nitrogens with zero attached hydrogens (tertiary/aromatic N) is 2. The number of likely N-dealkylation sites (tertiary alicyclic amines) is 1. The Morgan fingerprint density at radius 3 is 2.48 bits per heavy atom. The smallest absolute Gasteiger partial charge is 0.328 e. The van der Waals surface area contributed by atoms with Crippen LogP contribution in [0.4, 0.5) is 5.69 Å². The molecule has 0 aromatic heterocycles. The number of hydrogen-bond donors (Lipinski definition) is 2. The third-order valence-corrected chi connectivity index (χ3v) is 8.27. The van der Waals surface area contributed by atoms with Gasteiger partial charge in [-0.1, -0.05) is 84.5 Å². The van der Waals surface area contributed by atoms with Gasteiger partial charge in [-0.3, -0.25) is 14.7 Å². The van der Waals surface area contributed by atoms with Crippen LogP contribution in [-0.2, 0) is 16.1 Å². The van der Waals surface area contributed by atoms with Crippen LogP contribution in [0.3, 0.4) is 0 Å². The van der Waals surface area contributed by atoms with Gasteiger partial charge in [0.25, 0.3) is 0 Å². The second-order valence-corrected chi connectivity index (χ2v) is 11.4. The molecule has 1 aliphatic rings. The van der Waals surface area contributed by atoms with Gasteiger partial charge in [-0.05, 0) is 68.6 Å². The van der Waals surface area contributed by atoms with Crippen molar-refractivity contribution in [3.8, 4) is 0 Å². The first kappa shape index (κ1) is 30.1. The monoisotopic (exact) mass is 599 g/mol. The first-order valence-corrected chi connectivity index (χ1v) is 14.4. The normalized spacial score (nSPS) is 18.5. The molecule has 2 atom stereocenters. The Morgan fingerprint density at radius 1 is 1.05 bits per heavy atom. The lowest BCUT2D eigenvalue weighted by Crippen LogP contribution is -2.50. The Morgan fingerprint density at radius 2 is 1.80 bits per heavy atom. The molecule has 9 heteroatoms. The topological polar surface area (TPSA) is 82.0 Å². The number of benzene rings is 3. The number of amides is 1. The number of rotatable bonds is 10. The highest BCUT2D eigenvalue weighted by Gasteiger charge is 2.43. The average Bonchev–Trinajstić information content (AvgIpc) is 3.31. The molecular weight excluding hydrogens is 569 g/mol. The number of carboxylic acid groups (broad SMARTS) is 1. The van der Waals surface area contributed by atoms with Crippen LogP contribution in [0.15, 0.2) is 71.7 Å². The number of anilines is 1. The molecular formula is C31H32Cl3N3O3. The molecule has 1 saturated heterocycles. The molecule has 1 heterocycles. The lowest BCUT2D eigenvalue weighted by Gasteiger charge is -2.34. The molecule has 0 saturated carbocycles. The van der Waals surface area contributed by atoms with Crippen molar-refractivity contribution in [2.24, 2.45) is 4.99 Å². The van der Waals surface area contributed by atoms with Crippen molar-refractivity contribution in [1.29, 1.82) is 0 Å². The lowest BCUT2D eigenvalue weighted by atomic mass is 9.95. The van der Waals surface area contributed by atoms with Crippen LogP contribution in [0.5, 0.6) is 0 Å². The number of hydrogen-bond acceptors (Lipinski definition) is 4. The van der Waals surface area contributed by atoms with E-state index in [1.807, 2.05) is 56.3 Å². The first-order chi connectivity index (χ1) is 19.1. The SMILES string of the molecule is CCC[C@@H](N=C(c1ccccc1)c1cc(Cl)ccc1NC(=O)[C@]1(C)CCCN1Cc1ccc(Cl)c(Cl)c1)C(=O)O. The van der Waals surface area contributed by atoms with E-state index in [0.29, 0.717) is 57.8 Å². The molecule has 3 aromatic carbocycles. The van der Waals surface area contributed by atoms with Gasteiger partial charge in [0, 0.05) is 22.7 Å². The highest BCUT2D eigenvalue weighted by molar-refractivity contribution is 6.42. The summed E-state index contributed by atoms with van der Waals surface area (Å²) in [5.74, 6) is -1.16. The van der Waals surface area contributed by atoms with Crippen LogP contribution >= 0.6 is 34.8 Å². The Kier molecular flexibility index (Phi) is 9.90. The third-order valence-electron chi connectivity index (χ3n) is 7.30. The van der Waals surface area contributed by atoms with Gasteiger partial charge in [-0.25, -0.2) is 4.79 Å². The molecule has 0 bridgehead atoms. The zero-order chi connectivity index (χ0) is 28.9. The molecule has 0 spiro atoms. The number of aliphatic carboxylic acids is 1. The number of nitrogens with one attached hydrogen (secondary N) is 1. The summed E-state index contributed by atoms with van der Waals surface area (Å²) in [6.07, 6.45) is 2.59. The van der Waals surface area contributed by atoms with Crippen molar-refractivity contribution < 1.29 is 14.7 Å². The fourth-order valence-electron chi connectivity index (χ4n) is 5.03. The minimum Gasteiger partial charge on any atom is -0.480 e. The molecule has 40 heavy (non-hydrogen) atoms. The lowest BCUT2D eigenvalue weighted by molar-refractivity contribution is -0.138. The van der Waals surface area contributed by atoms with Gasteiger partial charge in [0.15, 0.2) is 0 Å². The largest absolute Gasteiger partial charge is 0.480 e. The predicted molar refractivity (Wildman–Crippen MR) is 163 cm³/mol. The average molecular weight is 601 g/mol. The standard InChI is InChI=1S/C31H32Cl3N3O3/c1-3-8-27(29(38)39)35-28(21-9-5-4-6-10-21)23-18-22(32)12-14-26(23)36-30(40)31(2)15-7-16-37(31)19-20-11-13-24(33)25(34)17-20/h4-6,9-14,17-18,27H,3,7-8,15-16,19H2,1-2H3,(H,36,40)(H,38,39)/t27-,31+/m1/s1. The van der Waals surface area contributed by atoms with E-state index in [9.17, 15) is 14.7 Å². The quantitative estimate of drug-likeness (QED) is 0.233. The molecule has 210 valence electrons. The van der Waals surface area contributed by atoms with Gasteiger partial charge < -0.3 is 10.4 Å². The van der Waals surface area contributed by atoms with E-state index >= 15 is 0 Å². The van der Waals surface area contributed by atoms with E-state index in [4.69, 9.17) is 34.8 Å². The fraction of sp³-hybridized carbons (Fsp3) is 0.323. The molecule has 0 aliphatic carbocycles. The van der Waals surface area contributed by atoms with Crippen molar-refractivity contribution in [2.45, 2.75) is 57.7 Å². The highest BCUT2D eigenvalue weighted by atomic mass is 35.5. The minimum atomic E-state index is -1.00. The van der Waals surface area contributed by atoms with Gasteiger partial charge in [-0.15, -0.1) is 0 Å². The zero-order valence-electron chi connectivity index (χ0n) is 22.5. The Balaban J connectivity index is 1.70. The van der Waals surface area contributed by atoms with Crippen molar-refractivity contribution >= 4 is 58.1 Å². The summed E-state index contributed by atoms with van der Waals surface area (Å²) in [6, 6.07) is 19.1. The van der Waals surface area contributed by atoms with E-state index in [-0.39, 0.29) is 5.91 Å². The van der Waals surface area contributed by atoms with Crippen molar-refractivity contribution in [2.75, 3.05) is 11.9 Å².